The molecule has 0 radical (unpaired) electrons. The summed E-state index contributed by atoms with van der Waals surface area (Å²) in [7, 11) is 4.21. The Morgan fingerprint density at radius 1 is 0.651 bits per heavy atom. The van der Waals surface area contributed by atoms with Crippen LogP contribution in [0.3, 0.4) is 0 Å². The topological polar surface area (TPSA) is 476 Å². The van der Waals surface area contributed by atoms with Crippen molar-refractivity contribution in [2.75, 3.05) is 107 Å². The molecule has 19 atom stereocenters. The number of nitrogens with zero attached hydrogens (tertiary/aromatic N) is 1. The minimum atomic E-state index is -4.31. The quantitative estimate of drug-likeness (QED) is 0.0206. The molecule has 3 heterocycles. The molecule has 3 rings (SSSR count). The highest BCUT2D eigenvalue weighted by Crippen LogP contribution is 2.50. The Morgan fingerprint density at radius 2 is 1.15 bits per heavy atom. The lowest BCUT2D eigenvalue weighted by Crippen LogP contribution is -2.49. The molecule has 0 spiro atoms. The number of aliphatic hydroxyl groups excluding tert-OH is 2. The first-order valence-corrected chi connectivity index (χ1v) is 38.0. The number of nitrogens with two attached hydrogens (primary N) is 3. The van der Waals surface area contributed by atoms with Crippen LogP contribution in [-0.4, -0.2) is 250 Å². The second-order valence-corrected chi connectivity index (χ2v) is 30.7. The van der Waals surface area contributed by atoms with E-state index >= 15 is 0 Å². The van der Waals surface area contributed by atoms with Crippen molar-refractivity contribution in [3.63, 3.8) is 0 Å². The van der Waals surface area contributed by atoms with Gasteiger partial charge in [0.2, 0.25) is 23.6 Å². The Morgan fingerprint density at radius 3 is 1.58 bits per heavy atom. The summed E-state index contributed by atoms with van der Waals surface area (Å²) in [4.78, 5) is 112. The third kappa shape index (κ3) is 33.4. The van der Waals surface area contributed by atoms with Crippen molar-refractivity contribution in [1.29, 1.82) is 0 Å². The van der Waals surface area contributed by atoms with Crippen LogP contribution in [0.2, 0.25) is 0 Å². The van der Waals surface area contributed by atoms with Gasteiger partial charge in [-0.3, -0.25) is 28.6 Å². The van der Waals surface area contributed by atoms with Crippen molar-refractivity contribution in [1.82, 2.24) is 26.2 Å². The van der Waals surface area contributed by atoms with Gasteiger partial charge in [-0.25, -0.2) is 0 Å². The number of primary amides is 1. The largest absolute Gasteiger partial charge is 0.780 e. The average molecular weight is 1400 g/mol. The van der Waals surface area contributed by atoms with Crippen LogP contribution < -0.4 is 48.3 Å². The Bertz CT molecular complexity index is 2190. The average Bonchev–Trinajstić information content (AvgIpc) is 2.03. The van der Waals surface area contributed by atoms with E-state index in [4.69, 9.17) is 96.4 Å². The maximum absolute atomic E-state index is 12.1. The van der Waals surface area contributed by atoms with E-state index in [1.807, 2.05) is 0 Å². The summed E-state index contributed by atoms with van der Waals surface area (Å²) in [6.07, 6.45) is -5.72. The normalized spacial score (nSPS) is 28.5. The number of carbonyl (C=O) groups is 4. The van der Waals surface area contributed by atoms with Gasteiger partial charge in [0.05, 0.1) is 76.5 Å². The Balaban J connectivity index is 0.000000668. The van der Waals surface area contributed by atoms with Crippen molar-refractivity contribution in [2.24, 2.45) is 23.1 Å². The van der Waals surface area contributed by atoms with Gasteiger partial charge in [-0.05, 0) is 76.6 Å². The molecular weight excluding hydrogens is 1300 g/mol. The summed E-state index contributed by atoms with van der Waals surface area (Å²) in [5.41, 5.74) is 16.1. The van der Waals surface area contributed by atoms with Crippen molar-refractivity contribution in [3.05, 3.63) is 0 Å². The molecule has 3 fully saturated rings. The maximum Gasteiger partial charge on any atom is 0.325 e. The van der Waals surface area contributed by atoms with Crippen LogP contribution in [0, 0.1) is 5.92 Å². The number of rotatable bonds is 40. The molecule has 3 saturated heterocycles. The van der Waals surface area contributed by atoms with E-state index < -0.39 is 125 Å². The lowest BCUT2D eigenvalue weighted by atomic mass is 9.96. The van der Waals surface area contributed by atoms with E-state index in [1.165, 1.54) is 28.3 Å². The Kier molecular flexibility index (Phi) is 41.5. The number of nitrogens with one attached hydrogen (secondary N) is 4. The molecule has 3 aliphatic rings. The van der Waals surface area contributed by atoms with Gasteiger partial charge in [0.15, 0.2) is 0 Å². The number of carbonyl (C=O) groups excluding carboxylic acids is 4. The lowest BCUT2D eigenvalue weighted by molar-refractivity contribution is -0.211. The molecule has 0 aliphatic carbocycles. The minimum Gasteiger partial charge on any atom is -0.780 e. The molecule has 0 bridgehead atoms. The van der Waals surface area contributed by atoms with Crippen molar-refractivity contribution in [2.45, 2.75) is 159 Å². The van der Waals surface area contributed by atoms with E-state index in [9.17, 15) is 58.8 Å². The van der Waals surface area contributed by atoms with Gasteiger partial charge in [0, 0.05) is 60.5 Å². The van der Waals surface area contributed by atoms with Gasteiger partial charge in [-0.1, -0.05) is 50.3 Å². The zero-order valence-electron chi connectivity index (χ0n) is 50.0. The molecule has 0 aromatic carbocycles. The first-order chi connectivity index (χ1) is 40.2. The molecule has 16 N–H and O–H groups in total. The zero-order valence-corrected chi connectivity index (χ0v) is 56.9. The van der Waals surface area contributed by atoms with Crippen LogP contribution in [0.15, 0.2) is 0 Å². The predicted molar refractivity (Wildman–Crippen MR) is 325 cm³/mol. The van der Waals surface area contributed by atoms with Gasteiger partial charge in [-0.15, -0.1) is 0 Å². The summed E-state index contributed by atoms with van der Waals surface area (Å²) in [5.74, 6) is -1.01. The minimum absolute atomic E-state index is 0.0129. The Hall–Kier alpha value is -0.480. The molecule has 0 saturated carbocycles. The van der Waals surface area contributed by atoms with Crippen LogP contribution in [0.5, 0.6) is 0 Å². The molecule has 40 heteroatoms. The molecule has 8 unspecified atom stereocenters. The molecule has 0 aromatic heterocycles. The zero-order chi connectivity index (χ0) is 65.6. The highest BCUT2D eigenvalue weighted by Gasteiger charge is 2.49. The fraction of sp³-hybridized carbons (Fsp3) is 0.913. The van der Waals surface area contributed by atoms with Crippen LogP contribution in [0.4, 0.5) is 0 Å². The van der Waals surface area contributed by atoms with Crippen LogP contribution in [-0.2, 0) is 122 Å². The summed E-state index contributed by atoms with van der Waals surface area (Å²) in [5, 5.41) is 29.7. The summed E-state index contributed by atoms with van der Waals surface area (Å²) in [6, 6.07) is -0.986. The number of ether oxygens (including phenoxy) is 6. The van der Waals surface area contributed by atoms with Gasteiger partial charge in [0.25, 0.3) is 0 Å². The standard InChI is InChI=1S/C17H36N4O11P2S2.C15H32N4O2.C14H28O11P2S2/c1-10(12(8-22)21-15(24)7-20-14(23)6-19-5-4-18)31-34(27,36)29-9-13-17(32-33(25,26)35)16(28-3)11(2)30-13;1-3-5-13(11-14(17)20)6-8-18-15(21)12-19(9-4-2)10-7-16;1-7-11(19-3)13(9(5-15)22-7)25-27(18,29)21-6-10-14(24-26(16,17)28)12(20-4)8(2)23-10/h10-13,16-17,19,22H,4-9,18H2,1-3H3,(H,20,23)(H,21,24)(H,27,36)(H2,25,26,35);13H,3-12,16H2,1-2H3,(H2,17,20)(H,18,21);7-15H,5-6H2,1-4H3,(H,18,29)(H2,16,17,28)/p-2/t10?,11-,12+,13+,16?,17-,34?;13-;7-,8-,9+,10+,11?,12?,13-,14-,27?/m010/s1. The SMILES string of the molecule is CCC[C@H](CCNC(=O)CN(CCC)CCN)CC(N)=O.COC1[C@H](C)O[C@H](COP(O)(=S)OC(C)[C@@H](CO)NC(=O)CNC(=O)CNCCN)[C@@H]1OP([O-])(O)=S.COC1[C@H](C)O[C@H](COP(O)(=S)O[C@@H]2C(OC)[C@H](C)O[C@@H]2CO)[C@@H]1OP([O-])(O)=S. The monoisotopic (exact) mass is 1390 g/mol. The summed E-state index contributed by atoms with van der Waals surface area (Å²) in [6.45, 7) is -3.64. The number of amides is 4. The van der Waals surface area contributed by atoms with Gasteiger partial charge >= 0.3 is 13.4 Å². The fourth-order valence-corrected chi connectivity index (χ4v) is 14.0. The van der Waals surface area contributed by atoms with Crippen molar-refractivity contribution >= 4 is 97.7 Å². The van der Waals surface area contributed by atoms with E-state index in [-0.39, 0.29) is 56.7 Å². The lowest BCUT2D eigenvalue weighted by Gasteiger charge is -2.31. The molecular formula is C46H94N8O24P4S4-2. The van der Waals surface area contributed by atoms with E-state index in [1.54, 1.807) is 20.8 Å². The van der Waals surface area contributed by atoms with Crippen LogP contribution in [0.25, 0.3) is 0 Å². The van der Waals surface area contributed by atoms with Crippen molar-refractivity contribution in [3.8, 4) is 0 Å². The van der Waals surface area contributed by atoms with Crippen molar-refractivity contribution < 1.29 is 114 Å². The fourth-order valence-electron chi connectivity index (χ4n) is 9.24. The molecule has 3 aliphatic heterocycles. The van der Waals surface area contributed by atoms with Gasteiger partial charge in [-0.2, -0.15) is 0 Å². The van der Waals surface area contributed by atoms with E-state index in [0.29, 0.717) is 39.1 Å². The molecule has 508 valence electrons. The molecule has 32 nitrogen and oxygen atoms in total. The number of methoxy groups -OCH3 is 3. The summed E-state index contributed by atoms with van der Waals surface area (Å²) < 4.78 is 64.4. The van der Waals surface area contributed by atoms with E-state index in [2.05, 4.69) is 63.6 Å². The van der Waals surface area contributed by atoms with Crippen LogP contribution in [0.1, 0.15) is 73.6 Å². The first-order valence-electron chi connectivity index (χ1n) is 27.6. The highest BCUT2D eigenvalue weighted by atomic mass is 32.5. The number of aliphatic hydroxyl groups is 2. The molecule has 86 heavy (non-hydrogen) atoms. The third-order valence-corrected chi connectivity index (χ3v) is 17.8. The van der Waals surface area contributed by atoms with Gasteiger partial charge in [0.1, 0.15) is 68.4 Å². The maximum atomic E-state index is 12.1. The number of hydrogen-bond acceptors (Lipinski definition) is 28. The molecule has 4 amide bonds. The molecule has 0 aromatic rings. The predicted octanol–water partition coefficient (Wildman–Crippen LogP) is -3.85. The highest BCUT2D eigenvalue weighted by molar-refractivity contribution is 8.07. The van der Waals surface area contributed by atoms with Crippen LogP contribution >= 0.6 is 26.9 Å². The smallest absolute Gasteiger partial charge is 0.325 e. The van der Waals surface area contributed by atoms with Gasteiger partial charge < -0.3 is 129 Å². The Labute approximate surface area is 524 Å². The second-order valence-electron chi connectivity index (χ2n) is 20.0. The first kappa shape index (κ1) is 83.5. The third-order valence-electron chi connectivity index (χ3n) is 13.1. The summed E-state index contributed by atoms with van der Waals surface area (Å²) >= 11 is 18.9. The van der Waals surface area contributed by atoms with E-state index in [0.717, 1.165) is 38.8 Å². The second kappa shape index (κ2) is 42.7. The number of hydrogen-bond donors (Lipinski definition) is 13.